The Bertz CT molecular complexity index is 451. The molecule has 0 saturated heterocycles. The summed E-state index contributed by atoms with van der Waals surface area (Å²) in [5, 5.41) is 10.8. The van der Waals surface area contributed by atoms with Gasteiger partial charge >= 0.3 is 5.97 Å². The molecule has 0 amide bonds. The summed E-state index contributed by atoms with van der Waals surface area (Å²) in [6.07, 6.45) is 0. The Morgan fingerprint density at radius 3 is 2.67 bits per heavy atom. The van der Waals surface area contributed by atoms with Crippen LogP contribution < -0.4 is 0 Å². The van der Waals surface area contributed by atoms with Crippen LogP contribution in [-0.2, 0) is 9.53 Å². The molecule has 0 spiro atoms. The first kappa shape index (κ1) is 11.5. The van der Waals surface area contributed by atoms with E-state index in [0.717, 1.165) is 10.4 Å². The van der Waals surface area contributed by atoms with Gasteiger partial charge in [0, 0.05) is 4.88 Å². The van der Waals surface area contributed by atoms with Gasteiger partial charge in [0.1, 0.15) is 11.6 Å². The second-order valence-electron chi connectivity index (χ2n) is 3.04. The van der Waals surface area contributed by atoms with Crippen molar-refractivity contribution in [2.24, 2.45) is 0 Å². The van der Waals surface area contributed by atoms with Crippen molar-refractivity contribution in [3.05, 3.63) is 27.5 Å². The van der Waals surface area contributed by atoms with E-state index < -0.39 is 5.97 Å². The van der Waals surface area contributed by atoms with Crippen molar-refractivity contribution >= 4 is 22.9 Å². The average molecular weight is 221 g/mol. The van der Waals surface area contributed by atoms with Gasteiger partial charge in [0.05, 0.1) is 7.11 Å². The number of nitriles is 1. The molecule has 0 saturated carbocycles. The van der Waals surface area contributed by atoms with Gasteiger partial charge in [0.15, 0.2) is 0 Å². The topological polar surface area (TPSA) is 50.1 Å². The first-order valence-electron chi connectivity index (χ1n) is 4.35. The molecule has 0 N–H and O–H groups in total. The zero-order valence-electron chi connectivity index (χ0n) is 8.83. The van der Waals surface area contributed by atoms with Gasteiger partial charge in [-0.25, -0.2) is 4.79 Å². The Morgan fingerprint density at radius 2 is 2.27 bits per heavy atom. The number of hydrogen-bond donors (Lipinski definition) is 0. The first-order valence-corrected chi connectivity index (χ1v) is 5.23. The number of nitrogens with zero attached hydrogens (tertiary/aromatic N) is 1. The highest BCUT2D eigenvalue weighted by molar-refractivity contribution is 7.11. The molecule has 4 heteroatoms. The standard InChI is InChI=1S/C11H11NO2S/c1-7-4-5-15-10(7)8(2)9(6-12)11(13)14-3/h4-5H,1-3H3/b9-8-. The summed E-state index contributed by atoms with van der Waals surface area (Å²) in [5.41, 5.74) is 1.81. The molecule has 0 bridgehead atoms. The van der Waals surface area contributed by atoms with Gasteiger partial charge in [-0.15, -0.1) is 11.3 Å². The van der Waals surface area contributed by atoms with Gasteiger partial charge < -0.3 is 4.74 Å². The molecule has 1 rings (SSSR count). The van der Waals surface area contributed by atoms with Crippen LogP contribution >= 0.6 is 11.3 Å². The number of thiophene rings is 1. The smallest absolute Gasteiger partial charge is 0.348 e. The first-order chi connectivity index (χ1) is 7.11. The molecule has 0 aliphatic heterocycles. The number of allylic oxidation sites excluding steroid dienone is 1. The molecule has 1 heterocycles. The third kappa shape index (κ3) is 2.25. The predicted molar refractivity (Wildman–Crippen MR) is 59.3 cm³/mol. The molecule has 1 aromatic rings. The summed E-state index contributed by atoms with van der Waals surface area (Å²) >= 11 is 1.51. The van der Waals surface area contributed by atoms with Crippen molar-refractivity contribution in [1.82, 2.24) is 0 Å². The van der Waals surface area contributed by atoms with E-state index in [1.807, 2.05) is 24.4 Å². The predicted octanol–water partition coefficient (Wildman–Crippen LogP) is 2.53. The lowest BCUT2D eigenvalue weighted by molar-refractivity contribution is -0.135. The number of carbonyl (C=O) groups excluding carboxylic acids is 1. The number of methoxy groups -OCH3 is 1. The van der Waals surface area contributed by atoms with Gasteiger partial charge in [-0.3, -0.25) is 0 Å². The molecule has 0 atom stereocenters. The van der Waals surface area contributed by atoms with Gasteiger partial charge in [-0.05, 0) is 36.4 Å². The fourth-order valence-electron chi connectivity index (χ4n) is 1.26. The molecular formula is C11H11NO2S. The van der Waals surface area contributed by atoms with Crippen molar-refractivity contribution in [2.45, 2.75) is 13.8 Å². The van der Waals surface area contributed by atoms with Crippen LogP contribution in [-0.4, -0.2) is 13.1 Å². The van der Waals surface area contributed by atoms with Crippen LogP contribution in [0.4, 0.5) is 0 Å². The lowest BCUT2D eigenvalue weighted by Gasteiger charge is -2.03. The van der Waals surface area contributed by atoms with Crippen LogP contribution in [0.2, 0.25) is 0 Å². The minimum atomic E-state index is -0.581. The maximum atomic E-state index is 11.3. The Kier molecular flexibility index (Phi) is 3.64. The van der Waals surface area contributed by atoms with Crippen LogP contribution in [0.3, 0.4) is 0 Å². The summed E-state index contributed by atoms with van der Waals surface area (Å²) < 4.78 is 4.55. The maximum absolute atomic E-state index is 11.3. The van der Waals surface area contributed by atoms with Gasteiger partial charge in [0.25, 0.3) is 0 Å². The third-order valence-corrected chi connectivity index (χ3v) is 3.22. The summed E-state index contributed by atoms with van der Waals surface area (Å²) in [4.78, 5) is 12.2. The highest BCUT2D eigenvalue weighted by Gasteiger charge is 2.15. The number of rotatable bonds is 2. The van der Waals surface area contributed by atoms with E-state index in [2.05, 4.69) is 4.74 Å². The largest absolute Gasteiger partial charge is 0.465 e. The van der Waals surface area contributed by atoms with E-state index in [4.69, 9.17) is 5.26 Å². The Morgan fingerprint density at radius 1 is 1.60 bits per heavy atom. The number of aryl methyl sites for hydroxylation is 1. The van der Waals surface area contributed by atoms with Crippen molar-refractivity contribution in [3.8, 4) is 6.07 Å². The quantitative estimate of drug-likeness (QED) is 0.438. The van der Waals surface area contributed by atoms with Crippen molar-refractivity contribution in [3.63, 3.8) is 0 Å². The molecule has 3 nitrogen and oxygen atoms in total. The highest BCUT2D eigenvalue weighted by atomic mass is 32.1. The molecule has 0 aliphatic carbocycles. The van der Waals surface area contributed by atoms with E-state index in [0.29, 0.717) is 5.57 Å². The highest BCUT2D eigenvalue weighted by Crippen LogP contribution is 2.27. The second-order valence-corrected chi connectivity index (χ2v) is 3.95. The van der Waals surface area contributed by atoms with E-state index in [1.54, 1.807) is 6.92 Å². The van der Waals surface area contributed by atoms with E-state index in [9.17, 15) is 4.79 Å². The van der Waals surface area contributed by atoms with E-state index in [1.165, 1.54) is 18.4 Å². The zero-order chi connectivity index (χ0) is 11.4. The fourth-order valence-corrected chi connectivity index (χ4v) is 2.20. The van der Waals surface area contributed by atoms with Crippen molar-refractivity contribution in [2.75, 3.05) is 7.11 Å². The normalized spacial score (nSPS) is 11.6. The van der Waals surface area contributed by atoms with Gasteiger partial charge in [-0.2, -0.15) is 5.26 Å². The summed E-state index contributed by atoms with van der Waals surface area (Å²) in [6.45, 7) is 3.70. The minimum Gasteiger partial charge on any atom is -0.465 e. The molecular weight excluding hydrogens is 210 g/mol. The molecule has 78 valence electrons. The van der Waals surface area contributed by atoms with Crippen molar-refractivity contribution in [1.29, 1.82) is 5.26 Å². The summed E-state index contributed by atoms with van der Waals surface area (Å²) in [6, 6.07) is 3.83. The van der Waals surface area contributed by atoms with Crippen LogP contribution in [0.15, 0.2) is 17.0 Å². The van der Waals surface area contributed by atoms with E-state index >= 15 is 0 Å². The molecule has 0 fully saturated rings. The van der Waals surface area contributed by atoms with Crippen LogP contribution in [0, 0.1) is 18.3 Å². The molecule has 0 radical (unpaired) electrons. The van der Waals surface area contributed by atoms with Crippen LogP contribution in [0.1, 0.15) is 17.4 Å². The SMILES string of the molecule is COC(=O)/C(C#N)=C(/C)c1sccc1C. The number of esters is 1. The average Bonchev–Trinajstić information content (AvgIpc) is 2.65. The zero-order valence-corrected chi connectivity index (χ0v) is 9.64. The Balaban J connectivity index is 3.25. The lowest BCUT2D eigenvalue weighted by Crippen LogP contribution is -2.04. The monoisotopic (exact) mass is 221 g/mol. The van der Waals surface area contributed by atoms with Crippen LogP contribution in [0.5, 0.6) is 0 Å². The van der Waals surface area contributed by atoms with E-state index in [-0.39, 0.29) is 5.57 Å². The number of hydrogen-bond acceptors (Lipinski definition) is 4. The Labute approximate surface area is 92.6 Å². The summed E-state index contributed by atoms with van der Waals surface area (Å²) in [7, 11) is 1.27. The fraction of sp³-hybridized carbons (Fsp3) is 0.273. The third-order valence-electron chi connectivity index (χ3n) is 2.08. The summed E-state index contributed by atoms with van der Waals surface area (Å²) in [5.74, 6) is -0.581. The van der Waals surface area contributed by atoms with Gasteiger partial charge in [-0.1, -0.05) is 0 Å². The van der Waals surface area contributed by atoms with Crippen LogP contribution in [0.25, 0.3) is 5.57 Å². The van der Waals surface area contributed by atoms with Gasteiger partial charge in [0.2, 0.25) is 0 Å². The number of carbonyl (C=O) groups is 1. The molecule has 1 aromatic heterocycles. The number of ether oxygens (including phenoxy) is 1. The Hall–Kier alpha value is -1.60. The molecule has 0 unspecified atom stereocenters. The lowest BCUT2D eigenvalue weighted by atomic mass is 10.1. The minimum absolute atomic E-state index is 0.0723. The second kappa shape index (κ2) is 4.76. The van der Waals surface area contributed by atoms with Crippen molar-refractivity contribution < 1.29 is 9.53 Å². The maximum Gasteiger partial charge on any atom is 0.348 e. The molecule has 15 heavy (non-hydrogen) atoms. The molecule has 0 aromatic carbocycles. The molecule has 0 aliphatic rings.